The Morgan fingerprint density at radius 1 is 1.24 bits per heavy atom. The first-order valence-corrected chi connectivity index (χ1v) is 8.20. The second-order valence-electron chi connectivity index (χ2n) is 4.38. The minimum absolute atomic E-state index is 0.0720. The van der Waals surface area contributed by atoms with Crippen LogP contribution in [0.25, 0.3) is 0 Å². The van der Waals surface area contributed by atoms with E-state index in [0.29, 0.717) is 11.3 Å². The van der Waals surface area contributed by atoms with Crippen molar-refractivity contribution in [3.05, 3.63) is 29.8 Å². The molecule has 0 aliphatic rings. The van der Waals surface area contributed by atoms with E-state index < -0.39 is 0 Å². The van der Waals surface area contributed by atoms with E-state index >= 15 is 0 Å². The Bertz CT molecular complexity index is 528. The lowest BCUT2D eigenvalue weighted by Gasteiger charge is -2.20. The van der Waals surface area contributed by atoms with Gasteiger partial charge in [0.05, 0.1) is 11.4 Å². The summed E-state index contributed by atoms with van der Waals surface area (Å²) in [4.78, 5) is 25.5. The molecule has 6 heteroatoms. The summed E-state index contributed by atoms with van der Waals surface area (Å²) in [6.07, 6.45) is 0. The number of para-hydroxylation sites is 1. The SMILES string of the molecule is CCN(CC)C(=S)SCC(=O)Nc1ccccc1C(C)=O. The molecule has 1 rings (SSSR count). The number of carbonyl (C=O) groups is 2. The van der Waals surface area contributed by atoms with Gasteiger partial charge in [0.15, 0.2) is 5.78 Å². The van der Waals surface area contributed by atoms with Crippen molar-refractivity contribution in [2.75, 3.05) is 24.2 Å². The van der Waals surface area contributed by atoms with Crippen molar-refractivity contribution >= 4 is 45.7 Å². The molecule has 0 spiro atoms. The molecule has 0 heterocycles. The van der Waals surface area contributed by atoms with Gasteiger partial charge in [0, 0.05) is 18.7 Å². The van der Waals surface area contributed by atoms with Gasteiger partial charge in [-0.25, -0.2) is 0 Å². The first-order valence-electron chi connectivity index (χ1n) is 6.81. The number of Topliss-reactive ketones (excluding diaryl/α,β-unsaturated/α-hetero) is 1. The Kier molecular flexibility index (Phi) is 7.39. The van der Waals surface area contributed by atoms with Crippen molar-refractivity contribution in [3.63, 3.8) is 0 Å². The zero-order valence-corrected chi connectivity index (χ0v) is 14.1. The van der Waals surface area contributed by atoms with Crippen LogP contribution in [0, 0.1) is 0 Å². The van der Waals surface area contributed by atoms with Gasteiger partial charge in [0.2, 0.25) is 5.91 Å². The number of hydrogen-bond donors (Lipinski definition) is 1. The quantitative estimate of drug-likeness (QED) is 0.643. The van der Waals surface area contributed by atoms with Crippen molar-refractivity contribution in [1.82, 2.24) is 4.90 Å². The molecule has 0 fully saturated rings. The van der Waals surface area contributed by atoms with E-state index in [1.165, 1.54) is 18.7 Å². The molecule has 21 heavy (non-hydrogen) atoms. The molecule has 0 saturated carbocycles. The van der Waals surface area contributed by atoms with Crippen LogP contribution in [0.4, 0.5) is 5.69 Å². The number of anilines is 1. The first kappa shape index (κ1) is 17.7. The third-order valence-corrected chi connectivity index (χ3v) is 4.45. The van der Waals surface area contributed by atoms with Crippen LogP contribution in [0.1, 0.15) is 31.1 Å². The fourth-order valence-corrected chi connectivity index (χ4v) is 2.99. The molecular formula is C15H20N2O2S2. The Morgan fingerprint density at radius 2 is 1.86 bits per heavy atom. The highest BCUT2D eigenvalue weighted by molar-refractivity contribution is 8.23. The number of ketones is 1. The lowest BCUT2D eigenvalue weighted by atomic mass is 10.1. The molecule has 0 aliphatic heterocycles. The van der Waals surface area contributed by atoms with Gasteiger partial charge >= 0.3 is 0 Å². The topological polar surface area (TPSA) is 49.4 Å². The minimum Gasteiger partial charge on any atom is -0.358 e. The van der Waals surface area contributed by atoms with Crippen LogP contribution >= 0.6 is 24.0 Å². The number of thioether (sulfide) groups is 1. The number of rotatable bonds is 6. The molecule has 0 bridgehead atoms. The highest BCUT2D eigenvalue weighted by Gasteiger charge is 2.12. The maximum Gasteiger partial charge on any atom is 0.234 e. The minimum atomic E-state index is -0.164. The molecule has 0 aliphatic carbocycles. The number of thiocarbonyl (C=S) groups is 1. The number of benzene rings is 1. The average molecular weight is 324 g/mol. The zero-order valence-electron chi connectivity index (χ0n) is 12.5. The molecule has 1 aromatic carbocycles. The van der Waals surface area contributed by atoms with E-state index in [4.69, 9.17) is 12.2 Å². The molecule has 0 unspecified atom stereocenters. The van der Waals surface area contributed by atoms with E-state index in [1.54, 1.807) is 24.3 Å². The smallest absolute Gasteiger partial charge is 0.234 e. The van der Waals surface area contributed by atoms with Gasteiger partial charge in [0.1, 0.15) is 4.32 Å². The Hall–Kier alpha value is -1.40. The number of nitrogens with one attached hydrogen (secondary N) is 1. The highest BCUT2D eigenvalue weighted by atomic mass is 32.2. The van der Waals surface area contributed by atoms with E-state index in [-0.39, 0.29) is 17.4 Å². The normalized spacial score (nSPS) is 10.0. The van der Waals surface area contributed by atoms with Crippen molar-refractivity contribution < 1.29 is 9.59 Å². The Labute approximate surface area is 135 Å². The summed E-state index contributed by atoms with van der Waals surface area (Å²) in [5, 5.41) is 2.76. The number of hydrogen-bond acceptors (Lipinski definition) is 4. The van der Waals surface area contributed by atoms with Crippen LogP contribution < -0.4 is 5.32 Å². The van der Waals surface area contributed by atoms with Crippen molar-refractivity contribution in [3.8, 4) is 0 Å². The molecule has 1 amide bonds. The summed E-state index contributed by atoms with van der Waals surface area (Å²) in [5.74, 6) is 0.00195. The van der Waals surface area contributed by atoms with Gasteiger partial charge in [-0.3, -0.25) is 9.59 Å². The molecule has 0 saturated heterocycles. The summed E-state index contributed by atoms with van der Waals surface area (Å²) in [6.45, 7) is 7.20. The zero-order chi connectivity index (χ0) is 15.8. The van der Waals surface area contributed by atoms with Gasteiger partial charge in [-0.15, -0.1) is 0 Å². The lowest BCUT2D eigenvalue weighted by Crippen LogP contribution is -2.28. The van der Waals surface area contributed by atoms with Crippen LogP contribution in [0.2, 0.25) is 0 Å². The van der Waals surface area contributed by atoms with Gasteiger partial charge in [-0.2, -0.15) is 0 Å². The maximum atomic E-state index is 12.0. The van der Waals surface area contributed by atoms with Crippen LogP contribution in [-0.2, 0) is 4.79 Å². The summed E-state index contributed by atoms with van der Waals surface area (Å²) in [6, 6.07) is 6.99. The molecular weight excluding hydrogens is 304 g/mol. The monoisotopic (exact) mass is 324 g/mol. The molecule has 1 N–H and O–H groups in total. The van der Waals surface area contributed by atoms with Gasteiger partial charge in [0.25, 0.3) is 0 Å². The van der Waals surface area contributed by atoms with Crippen LogP contribution in [0.5, 0.6) is 0 Å². The predicted octanol–water partition coefficient (Wildman–Crippen LogP) is 3.19. The molecule has 114 valence electrons. The number of carbonyl (C=O) groups excluding carboxylic acids is 2. The summed E-state index contributed by atoms with van der Waals surface area (Å²) in [5.41, 5.74) is 1.06. The van der Waals surface area contributed by atoms with Crippen LogP contribution in [0.15, 0.2) is 24.3 Å². The fourth-order valence-electron chi connectivity index (χ4n) is 1.79. The van der Waals surface area contributed by atoms with Gasteiger partial charge in [-0.05, 0) is 32.9 Å². The van der Waals surface area contributed by atoms with E-state index in [1.807, 2.05) is 18.7 Å². The van der Waals surface area contributed by atoms with Gasteiger partial charge < -0.3 is 10.2 Å². The van der Waals surface area contributed by atoms with Crippen LogP contribution in [-0.4, -0.2) is 39.8 Å². The van der Waals surface area contributed by atoms with Gasteiger partial charge in [-0.1, -0.05) is 36.1 Å². The molecule has 4 nitrogen and oxygen atoms in total. The van der Waals surface area contributed by atoms with Crippen molar-refractivity contribution in [1.29, 1.82) is 0 Å². The molecule has 0 radical (unpaired) electrons. The third-order valence-electron chi connectivity index (χ3n) is 2.93. The largest absolute Gasteiger partial charge is 0.358 e. The number of nitrogens with zero attached hydrogens (tertiary/aromatic N) is 1. The second-order valence-corrected chi connectivity index (χ2v) is 5.99. The fraction of sp³-hybridized carbons (Fsp3) is 0.400. The standard InChI is InChI=1S/C15H20N2O2S2/c1-4-17(5-2)15(20)21-10-14(19)16-13-9-7-6-8-12(13)11(3)18/h6-9H,4-5,10H2,1-3H3,(H,16,19). The average Bonchev–Trinajstić information content (AvgIpc) is 2.46. The summed E-state index contributed by atoms with van der Waals surface area (Å²) in [7, 11) is 0. The first-order chi connectivity index (χ1) is 9.99. The molecule has 1 aromatic rings. The lowest BCUT2D eigenvalue weighted by molar-refractivity contribution is -0.113. The Balaban J connectivity index is 2.59. The van der Waals surface area contributed by atoms with Crippen molar-refractivity contribution in [2.45, 2.75) is 20.8 Å². The summed E-state index contributed by atoms with van der Waals surface area (Å²) < 4.78 is 0.718. The summed E-state index contributed by atoms with van der Waals surface area (Å²) >= 11 is 6.61. The molecule has 0 aromatic heterocycles. The predicted molar refractivity (Wildman–Crippen MR) is 93.1 cm³/mol. The highest BCUT2D eigenvalue weighted by Crippen LogP contribution is 2.16. The van der Waals surface area contributed by atoms with Crippen molar-refractivity contribution in [2.24, 2.45) is 0 Å². The molecule has 0 atom stereocenters. The second kappa shape index (κ2) is 8.79. The van der Waals surface area contributed by atoms with Crippen LogP contribution in [0.3, 0.4) is 0 Å². The number of amides is 1. The third kappa shape index (κ3) is 5.47. The van der Waals surface area contributed by atoms with E-state index in [9.17, 15) is 9.59 Å². The van der Waals surface area contributed by atoms with E-state index in [2.05, 4.69) is 5.32 Å². The maximum absolute atomic E-state index is 12.0. The van der Waals surface area contributed by atoms with E-state index in [0.717, 1.165) is 17.4 Å². The Morgan fingerprint density at radius 3 is 2.43 bits per heavy atom.